The number of esters is 1. The average molecular weight is 948 g/mol. The van der Waals surface area contributed by atoms with Gasteiger partial charge in [0, 0.05) is 50.2 Å². The van der Waals surface area contributed by atoms with E-state index in [1.165, 1.54) is 26.7 Å². The van der Waals surface area contributed by atoms with Gasteiger partial charge in [-0.1, -0.05) is 89.5 Å². The molecule has 1 saturated heterocycles. The number of Topliss-reactive ketones (excluding diaryl/α,β-unsaturated/α-hetero) is 3. The van der Waals surface area contributed by atoms with Crippen LogP contribution in [0.2, 0.25) is 0 Å². The first-order valence-electron chi connectivity index (χ1n) is 24.2. The van der Waals surface area contributed by atoms with Crippen molar-refractivity contribution >= 4 is 41.0 Å². The fourth-order valence-corrected chi connectivity index (χ4v) is 10.3. The third-order valence-corrected chi connectivity index (χ3v) is 15.1. The highest BCUT2D eigenvalue weighted by Crippen LogP contribution is 2.33. The Morgan fingerprint density at radius 2 is 1.56 bits per heavy atom. The van der Waals surface area contributed by atoms with Crippen molar-refractivity contribution in [1.82, 2.24) is 4.90 Å². The van der Waals surface area contributed by atoms with Crippen LogP contribution < -0.4 is 0 Å². The Bertz CT molecular complexity index is 1670. The van der Waals surface area contributed by atoms with E-state index in [1.807, 2.05) is 51.3 Å². The number of hydrogen-bond donors (Lipinski definition) is 4. The maximum Gasteiger partial charge on any atom is 0.328 e. The van der Waals surface area contributed by atoms with E-state index in [2.05, 4.69) is 19.9 Å². The number of unbranched alkanes of at least 4 members (excludes halogenated alkanes) is 1. The number of nitrogens with zero attached hydrogens (tertiary/aromatic N) is 1. The first-order valence-corrected chi connectivity index (χ1v) is 25.5. The van der Waals surface area contributed by atoms with Crippen molar-refractivity contribution in [3.63, 3.8) is 0 Å². The summed E-state index contributed by atoms with van der Waals surface area (Å²) in [5.74, 6) is -6.74. The number of ether oxygens (including phenoxy) is 3. The second-order valence-electron chi connectivity index (χ2n) is 19.4. The molecule has 0 radical (unpaired) electrons. The summed E-state index contributed by atoms with van der Waals surface area (Å²) in [4.78, 5) is 65.9. The van der Waals surface area contributed by atoms with Gasteiger partial charge >= 0.3 is 5.97 Å². The van der Waals surface area contributed by atoms with Crippen molar-refractivity contribution in [1.29, 1.82) is 0 Å². The zero-order chi connectivity index (χ0) is 49.7. The number of rotatable bonds is 29. The molecule has 13 nitrogen and oxygen atoms in total. The van der Waals surface area contributed by atoms with Crippen LogP contribution in [0, 0.1) is 35.5 Å². The molecule has 1 aliphatic carbocycles. The minimum atomic E-state index is -2.85. The van der Waals surface area contributed by atoms with Crippen LogP contribution in [0.15, 0.2) is 47.6 Å². The maximum absolute atomic E-state index is 13.5. The van der Waals surface area contributed by atoms with Crippen LogP contribution in [0.3, 0.4) is 0 Å². The summed E-state index contributed by atoms with van der Waals surface area (Å²) in [6.07, 6.45) is 20.5. The SMILES string of the molecule is COC(=O)[C@@H]1CCCCN1C(=O)C(=O)C(O)(O)[C@H](C)CCCC[C@@H](SC)/C(C)=C/C=C/C=C/[C@@H](C)C[C@@H](C)C(=O)C(OC)[C@H](O)/C(C)=C/[C@@H](C)C(=O)CC[C@H](C)C[C@@H]1CCC(O)[C@H](OC)C1. The first-order chi connectivity index (χ1) is 31.1. The van der Waals surface area contributed by atoms with Crippen LogP contribution in [0.4, 0.5) is 0 Å². The van der Waals surface area contributed by atoms with Gasteiger partial charge in [-0.25, -0.2) is 4.79 Å². The molecule has 376 valence electrons. The molecular formula is C52H85NO12S. The van der Waals surface area contributed by atoms with Gasteiger partial charge in [-0.15, -0.1) is 0 Å². The van der Waals surface area contributed by atoms with E-state index in [4.69, 9.17) is 14.2 Å². The van der Waals surface area contributed by atoms with Crippen LogP contribution in [0.25, 0.3) is 0 Å². The van der Waals surface area contributed by atoms with E-state index in [0.29, 0.717) is 62.4 Å². The van der Waals surface area contributed by atoms with E-state index < -0.39 is 59.6 Å². The molecule has 0 bridgehead atoms. The topological polar surface area (TPSA) is 197 Å². The molecule has 12 atom stereocenters. The molecular weight excluding hydrogens is 863 g/mol. The zero-order valence-corrected chi connectivity index (χ0v) is 42.7. The smallest absolute Gasteiger partial charge is 0.328 e. The van der Waals surface area contributed by atoms with Gasteiger partial charge in [0.05, 0.1) is 19.3 Å². The normalized spacial score (nSPS) is 23.8. The average Bonchev–Trinajstić information content (AvgIpc) is 3.30. The second-order valence-corrected chi connectivity index (χ2v) is 20.4. The molecule has 2 fully saturated rings. The van der Waals surface area contributed by atoms with E-state index in [1.54, 1.807) is 31.9 Å². The highest BCUT2D eigenvalue weighted by atomic mass is 32.2. The number of aliphatic hydroxyl groups excluding tert-OH is 2. The van der Waals surface area contributed by atoms with Crippen LogP contribution >= 0.6 is 11.8 Å². The van der Waals surface area contributed by atoms with E-state index in [-0.39, 0.29) is 41.3 Å². The van der Waals surface area contributed by atoms with Crippen molar-refractivity contribution in [3.05, 3.63) is 47.6 Å². The molecule has 1 aliphatic heterocycles. The number of hydrogen-bond acceptors (Lipinski definition) is 13. The van der Waals surface area contributed by atoms with Gasteiger partial charge < -0.3 is 39.5 Å². The third-order valence-electron chi connectivity index (χ3n) is 13.9. The number of allylic oxidation sites excluding steroid dienone is 6. The van der Waals surface area contributed by atoms with Crippen molar-refractivity contribution in [3.8, 4) is 0 Å². The Balaban J connectivity index is 1.82. The Morgan fingerprint density at radius 3 is 2.20 bits per heavy atom. The number of methoxy groups -OCH3 is 3. The van der Waals surface area contributed by atoms with Gasteiger partial charge in [-0.05, 0) is 114 Å². The van der Waals surface area contributed by atoms with E-state index in [0.717, 1.165) is 49.8 Å². The number of amides is 1. The molecule has 66 heavy (non-hydrogen) atoms. The highest BCUT2D eigenvalue weighted by Gasteiger charge is 2.47. The summed E-state index contributed by atoms with van der Waals surface area (Å²) >= 11 is 1.72. The molecule has 14 heteroatoms. The minimum Gasteiger partial charge on any atom is -0.467 e. The van der Waals surface area contributed by atoms with Gasteiger partial charge in [0.2, 0.25) is 5.79 Å². The number of carbonyl (C=O) groups excluding carboxylic acids is 5. The molecule has 0 aromatic heterocycles. The number of thioether (sulfide) groups is 1. The Labute approximate surface area is 400 Å². The summed E-state index contributed by atoms with van der Waals surface area (Å²) in [6, 6.07) is -0.913. The zero-order valence-electron chi connectivity index (χ0n) is 41.9. The quantitative estimate of drug-likeness (QED) is 0.0144. The lowest BCUT2D eigenvalue weighted by Gasteiger charge is -2.35. The van der Waals surface area contributed by atoms with Crippen molar-refractivity contribution in [2.45, 2.75) is 180 Å². The molecule has 0 aromatic carbocycles. The third kappa shape index (κ3) is 18.5. The van der Waals surface area contributed by atoms with Crippen molar-refractivity contribution < 1.29 is 58.6 Å². The summed E-state index contributed by atoms with van der Waals surface area (Å²) in [5.41, 5.74) is 1.70. The summed E-state index contributed by atoms with van der Waals surface area (Å²) < 4.78 is 15.8. The van der Waals surface area contributed by atoms with Crippen LogP contribution in [0.5, 0.6) is 0 Å². The van der Waals surface area contributed by atoms with Gasteiger partial charge in [0.25, 0.3) is 11.7 Å². The summed E-state index contributed by atoms with van der Waals surface area (Å²) in [5, 5.41) is 43.1. The number of aliphatic hydroxyl groups is 4. The minimum absolute atomic E-state index is 0.0731. The number of piperidine rings is 1. The monoisotopic (exact) mass is 948 g/mol. The molecule has 1 saturated carbocycles. The Hall–Kier alpha value is -2.98. The standard InChI is InChI=1S/C52H85NO12S/c1-33(29-37(5)46(56)48(64-9)47(57)38(6)31-36(4)42(54)26-24-34(2)30-40-25-27-43(55)44(32-40)63-8)19-13-12-14-20-35(3)45(66-11)23-16-15-21-39(7)52(61,62)49(58)50(59)53-28-18-17-22-41(53)51(60)65-10/h12-14,19-20,31,33-34,36-37,39-41,43-45,47-48,55,57,61-62H,15-18,21-30,32H2,1-11H3/b14-12+,19-13+,35-20+,38-31+/t33-,34+,36-,37-,39-,40+,41+,43?,44-,45-,47-,48?/m1/s1. The van der Waals surface area contributed by atoms with Gasteiger partial charge in [-0.2, -0.15) is 11.8 Å². The molecule has 4 N–H and O–H groups in total. The lowest BCUT2D eigenvalue weighted by atomic mass is 9.79. The second kappa shape index (κ2) is 29.8. The van der Waals surface area contributed by atoms with E-state index in [9.17, 15) is 44.4 Å². The number of ketones is 3. The first kappa shape index (κ1) is 59.1. The van der Waals surface area contributed by atoms with Crippen molar-refractivity contribution in [2.75, 3.05) is 34.1 Å². The largest absolute Gasteiger partial charge is 0.467 e. The Kier molecular flexibility index (Phi) is 26.7. The summed E-state index contributed by atoms with van der Waals surface area (Å²) in [7, 11) is 4.28. The fourth-order valence-electron chi connectivity index (χ4n) is 9.44. The Morgan fingerprint density at radius 1 is 0.879 bits per heavy atom. The highest BCUT2D eigenvalue weighted by molar-refractivity contribution is 7.99. The van der Waals surface area contributed by atoms with Gasteiger partial charge in [-0.3, -0.25) is 19.2 Å². The number of carbonyl (C=O) groups is 5. The lowest BCUT2D eigenvalue weighted by molar-refractivity contribution is -0.205. The van der Waals surface area contributed by atoms with Crippen molar-refractivity contribution in [2.24, 2.45) is 35.5 Å². The molecule has 1 amide bonds. The van der Waals surface area contributed by atoms with Gasteiger partial charge in [0.1, 0.15) is 24.0 Å². The summed E-state index contributed by atoms with van der Waals surface area (Å²) in [6.45, 7) is 13.4. The van der Waals surface area contributed by atoms with Crippen LogP contribution in [-0.2, 0) is 38.2 Å². The number of likely N-dealkylation sites (tertiary alicyclic amines) is 1. The van der Waals surface area contributed by atoms with E-state index >= 15 is 0 Å². The molecule has 2 unspecified atom stereocenters. The van der Waals surface area contributed by atoms with Gasteiger partial charge in [0.15, 0.2) is 5.78 Å². The molecule has 0 spiro atoms. The predicted molar refractivity (Wildman–Crippen MR) is 260 cm³/mol. The molecule has 0 aromatic rings. The molecule has 1 heterocycles. The molecule has 2 aliphatic rings. The lowest BCUT2D eigenvalue weighted by Crippen LogP contribution is -2.57. The molecule has 2 rings (SSSR count). The maximum atomic E-state index is 13.5. The van der Waals surface area contributed by atoms with Crippen LogP contribution in [0.1, 0.15) is 138 Å². The van der Waals surface area contributed by atoms with Crippen LogP contribution in [-0.4, -0.2) is 130 Å². The fraction of sp³-hybridized carbons (Fsp3) is 0.750. The predicted octanol–water partition coefficient (Wildman–Crippen LogP) is 7.52.